The minimum atomic E-state index is -0.223. The SMILES string of the molecule is O=C(Sc1ccccn1)c1ccc(=O)[nH]c1. The van der Waals surface area contributed by atoms with Gasteiger partial charge in [0.1, 0.15) is 5.03 Å². The zero-order chi connectivity index (χ0) is 11.4. The van der Waals surface area contributed by atoms with E-state index in [1.165, 1.54) is 18.3 Å². The lowest BCUT2D eigenvalue weighted by Gasteiger charge is -1.98. The van der Waals surface area contributed by atoms with Crippen molar-refractivity contribution in [3.05, 3.63) is 58.6 Å². The van der Waals surface area contributed by atoms with E-state index in [2.05, 4.69) is 9.97 Å². The molecule has 0 saturated carbocycles. The molecule has 5 heteroatoms. The fourth-order valence-electron chi connectivity index (χ4n) is 1.10. The number of nitrogens with one attached hydrogen (secondary N) is 1. The molecule has 0 atom stereocenters. The predicted molar refractivity (Wildman–Crippen MR) is 61.5 cm³/mol. The number of nitrogens with zero attached hydrogens (tertiary/aromatic N) is 1. The van der Waals surface area contributed by atoms with E-state index in [9.17, 15) is 9.59 Å². The maximum Gasteiger partial charge on any atom is 0.247 e. The number of pyridine rings is 2. The smallest absolute Gasteiger partial charge is 0.247 e. The first-order chi connectivity index (χ1) is 7.75. The molecule has 0 aliphatic rings. The highest BCUT2D eigenvalue weighted by atomic mass is 32.2. The summed E-state index contributed by atoms with van der Waals surface area (Å²) in [6.07, 6.45) is 3.03. The summed E-state index contributed by atoms with van der Waals surface area (Å²) in [6.45, 7) is 0. The molecule has 0 fully saturated rings. The monoisotopic (exact) mass is 232 g/mol. The summed E-state index contributed by atoms with van der Waals surface area (Å²) in [5, 5.41) is 0.494. The van der Waals surface area contributed by atoms with Gasteiger partial charge in [-0.25, -0.2) is 4.98 Å². The molecule has 0 aromatic carbocycles. The number of aromatic amines is 1. The van der Waals surface area contributed by atoms with Crippen molar-refractivity contribution in [3.63, 3.8) is 0 Å². The number of carbonyl (C=O) groups excluding carboxylic acids is 1. The highest BCUT2D eigenvalue weighted by molar-refractivity contribution is 8.14. The third-order valence-electron chi connectivity index (χ3n) is 1.85. The lowest BCUT2D eigenvalue weighted by Crippen LogP contribution is -2.05. The molecule has 0 radical (unpaired) electrons. The molecule has 2 rings (SSSR count). The number of rotatable bonds is 2. The van der Waals surface area contributed by atoms with Crippen molar-refractivity contribution in [2.24, 2.45) is 0 Å². The number of H-pyrrole nitrogens is 1. The highest BCUT2D eigenvalue weighted by Crippen LogP contribution is 2.19. The molecule has 0 saturated heterocycles. The Bertz CT molecular complexity index is 531. The summed E-state index contributed by atoms with van der Waals surface area (Å²) >= 11 is 1.03. The Morgan fingerprint density at radius 2 is 2.12 bits per heavy atom. The van der Waals surface area contributed by atoms with Gasteiger partial charge in [0.05, 0.1) is 0 Å². The van der Waals surface area contributed by atoms with Crippen LogP contribution >= 0.6 is 11.8 Å². The topological polar surface area (TPSA) is 62.8 Å². The average Bonchev–Trinajstić information content (AvgIpc) is 2.31. The quantitative estimate of drug-likeness (QED) is 0.800. The summed E-state index contributed by atoms with van der Waals surface area (Å²) in [6, 6.07) is 8.18. The second kappa shape index (κ2) is 4.76. The predicted octanol–water partition coefficient (Wildman–Crippen LogP) is 1.70. The molecular weight excluding hydrogens is 224 g/mol. The van der Waals surface area contributed by atoms with Gasteiger partial charge in [-0.05, 0) is 30.0 Å². The third-order valence-corrected chi connectivity index (χ3v) is 2.73. The largest absolute Gasteiger partial charge is 0.328 e. The van der Waals surface area contributed by atoms with E-state index < -0.39 is 0 Å². The minimum absolute atomic E-state index is 0.144. The van der Waals surface area contributed by atoms with Gasteiger partial charge >= 0.3 is 0 Å². The lowest BCUT2D eigenvalue weighted by molar-refractivity contribution is 0.108. The number of carbonyl (C=O) groups is 1. The Kier molecular flexibility index (Phi) is 3.16. The van der Waals surface area contributed by atoms with Gasteiger partial charge in [0.15, 0.2) is 0 Å². The van der Waals surface area contributed by atoms with Crippen LogP contribution in [0.5, 0.6) is 0 Å². The molecule has 80 valence electrons. The summed E-state index contributed by atoms with van der Waals surface area (Å²) < 4.78 is 0. The van der Waals surface area contributed by atoms with Crippen LogP contribution in [0.4, 0.5) is 0 Å². The molecule has 2 aromatic rings. The first-order valence-corrected chi connectivity index (χ1v) is 5.39. The van der Waals surface area contributed by atoms with Crippen LogP contribution in [0, 0.1) is 0 Å². The standard InChI is InChI=1S/C11H8N2O2S/c14-9-5-4-8(7-13-9)11(15)16-10-3-1-2-6-12-10/h1-7H,(H,13,14). The Morgan fingerprint density at radius 3 is 2.75 bits per heavy atom. The van der Waals surface area contributed by atoms with Crippen LogP contribution in [-0.2, 0) is 0 Å². The van der Waals surface area contributed by atoms with Gasteiger partial charge in [0.2, 0.25) is 10.7 Å². The van der Waals surface area contributed by atoms with Crippen LogP contribution in [0.2, 0.25) is 0 Å². The first kappa shape index (κ1) is 10.6. The molecule has 0 amide bonds. The molecule has 2 heterocycles. The summed E-state index contributed by atoms with van der Waals surface area (Å²) in [5.74, 6) is 0. The van der Waals surface area contributed by atoms with Gasteiger partial charge in [-0.2, -0.15) is 0 Å². The first-order valence-electron chi connectivity index (χ1n) is 4.58. The van der Waals surface area contributed by atoms with Crippen molar-refractivity contribution in [1.82, 2.24) is 9.97 Å². The zero-order valence-corrected chi connectivity index (χ0v) is 9.03. The third kappa shape index (κ3) is 2.58. The molecule has 1 N–H and O–H groups in total. The normalized spacial score (nSPS) is 10.0. The van der Waals surface area contributed by atoms with Gasteiger partial charge in [0, 0.05) is 24.0 Å². The molecule has 0 aliphatic carbocycles. The Balaban J connectivity index is 2.15. The van der Waals surface area contributed by atoms with E-state index in [1.54, 1.807) is 18.3 Å². The van der Waals surface area contributed by atoms with Gasteiger partial charge < -0.3 is 4.98 Å². The Hall–Kier alpha value is -1.88. The van der Waals surface area contributed by atoms with Gasteiger partial charge in [-0.3, -0.25) is 9.59 Å². The zero-order valence-electron chi connectivity index (χ0n) is 8.21. The lowest BCUT2D eigenvalue weighted by atomic mass is 10.3. The van der Waals surface area contributed by atoms with Gasteiger partial charge in [-0.15, -0.1) is 0 Å². The maximum absolute atomic E-state index is 11.7. The maximum atomic E-state index is 11.7. The van der Waals surface area contributed by atoms with Crippen LogP contribution < -0.4 is 5.56 Å². The van der Waals surface area contributed by atoms with Crippen LogP contribution in [-0.4, -0.2) is 15.1 Å². The molecule has 0 aliphatic heterocycles. The van der Waals surface area contributed by atoms with Crippen molar-refractivity contribution in [3.8, 4) is 0 Å². The van der Waals surface area contributed by atoms with E-state index >= 15 is 0 Å². The van der Waals surface area contributed by atoms with Crippen molar-refractivity contribution in [1.29, 1.82) is 0 Å². The number of thioether (sulfide) groups is 1. The molecule has 16 heavy (non-hydrogen) atoms. The van der Waals surface area contributed by atoms with Crippen molar-refractivity contribution in [2.75, 3.05) is 0 Å². The fourth-order valence-corrected chi connectivity index (χ4v) is 1.79. The summed E-state index contributed by atoms with van der Waals surface area (Å²) in [7, 11) is 0. The molecule has 2 aromatic heterocycles. The van der Waals surface area contributed by atoms with Gasteiger partial charge in [-0.1, -0.05) is 6.07 Å². The minimum Gasteiger partial charge on any atom is -0.328 e. The number of aromatic nitrogens is 2. The van der Waals surface area contributed by atoms with Crippen LogP contribution in [0.15, 0.2) is 52.5 Å². The van der Waals surface area contributed by atoms with Crippen LogP contribution in [0.3, 0.4) is 0 Å². The van der Waals surface area contributed by atoms with E-state index in [0.29, 0.717) is 10.6 Å². The molecule has 0 spiro atoms. The van der Waals surface area contributed by atoms with Crippen LogP contribution in [0.25, 0.3) is 0 Å². The van der Waals surface area contributed by atoms with E-state index in [1.807, 2.05) is 6.07 Å². The molecule has 0 bridgehead atoms. The molecular formula is C11H8N2O2S. The van der Waals surface area contributed by atoms with Crippen molar-refractivity contribution in [2.45, 2.75) is 5.03 Å². The Labute approximate surface area is 95.7 Å². The van der Waals surface area contributed by atoms with Crippen molar-refractivity contribution < 1.29 is 4.79 Å². The number of hydrogen-bond acceptors (Lipinski definition) is 4. The van der Waals surface area contributed by atoms with Gasteiger partial charge in [0.25, 0.3) is 0 Å². The number of hydrogen-bond donors (Lipinski definition) is 1. The van der Waals surface area contributed by atoms with E-state index in [4.69, 9.17) is 0 Å². The average molecular weight is 232 g/mol. The Morgan fingerprint density at radius 1 is 1.25 bits per heavy atom. The summed E-state index contributed by atoms with van der Waals surface area (Å²) in [5.41, 5.74) is 0.231. The molecule has 4 nitrogen and oxygen atoms in total. The molecule has 0 unspecified atom stereocenters. The van der Waals surface area contributed by atoms with Crippen molar-refractivity contribution >= 4 is 16.9 Å². The fraction of sp³-hybridized carbons (Fsp3) is 0. The second-order valence-electron chi connectivity index (χ2n) is 3.00. The van der Waals surface area contributed by atoms with E-state index in [0.717, 1.165) is 11.8 Å². The van der Waals surface area contributed by atoms with Crippen LogP contribution in [0.1, 0.15) is 10.4 Å². The van der Waals surface area contributed by atoms with E-state index in [-0.39, 0.29) is 10.7 Å². The summed E-state index contributed by atoms with van der Waals surface area (Å²) in [4.78, 5) is 29.0. The highest BCUT2D eigenvalue weighted by Gasteiger charge is 2.08. The second-order valence-corrected chi connectivity index (χ2v) is 3.99.